The van der Waals surface area contributed by atoms with Gasteiger partial charge in [-0.05, 0) is 18.6 Å². The number of rotatable bonds is 7. The summed E-state index contributed by atoms with van der Waals surface area (Å²) >= 11 is 0. The lowest BCUT2D eigenvalue weighted by Gasteiger charge is -2.33. The van der Waals surface area contributed by atoms with E-state index < -0.39 is 10.0 Å². The molecule has 0 saturated carbocycles. The number of piperazine rings is 1. The Kier molecular flexibility index (Phi) is 6.56. The molecule has 3 rings (SSSR count). The van der Waals surface area contributed by atoms with Crippen molar-refractivity contribution in [3.05, 3.63) is 18.2 Å². The normalized spacial score (nSPS) is 18.3. The second-order valence-electron chi connectivity index (χ2n) is 6.69. The Morgan fingerprint density at radius 2 is 1.81 bits per heavy atom. The summed E-state index contributed by atoms with van der Waals surface area (Å²) in [5, 5.41) is 2.89. The maximum absolute atomic E-state index is 12.9. The van der Waals surface area contributed by atoms with Crippen molar-refractivity contribution in [1.82, 2.24) is 14.5 Å². The number of benzene rings is 1. The number of fused-ring (bicyclic) bond motifs is 1. The van der Waals surface area contributed by atoms with Crippen molar-refractivity contribution < 1.29 is 22.7 Å². The molecule has 27 heavy (non-hydrogen) atoms. The van der Waals surface area contributed by atoms with Gasteiger partial charge in [0.25, 0.3) is 0 Å². The number of carbonyl (C=O) groups is 1. The van der Waals surface area contributed by atoms with Gasteiger partial charge in [0.15, 0.2) is 11.5 Å². The molecule has 0 aromatic heterocycles. The Morgan fingerprint density at radius 1 is 1.11 bits per heavy atom. The molecule has 1 saturated heterocycles. The Balaban J connectivity index is 1.56. The first-order valence-corrected chi connectivity index (χ1v) is 10.8. The van der Waals surface area contributed by atoms with Crippen LogP contribution in [0.3, 0.4) is 0 Å². The first kappa shape index (κ1) is 19.9. The third-order valence-electron chi connectivity index (χ3n) is 4.70. The molecule has 0 spiro atoms. The van der Waals surface area contributed by atoms with E-state index in [1.54, 1.807) is 12.1 Å². The molecule has 0 aliphatic carbocycles. The van der Waals surface area contributed by atoms with Crippen LogP contribution in [0.5, 0.6) is 11.5 Å². The molecule has 0 unspecified atom stereocenters. The molecule has 0 radical (unpaired) electrons. The second-order valence-corrected chi connectivity index (χ2v) is 8.63. The van der Waals surface area contributed by atoms with Crippen molar-refractivity contribution in [2.45, 2.75) is 24.7 Å². The van der Waals surface area contributed by atoms with Crippen molar-refractivity contribution in [3.8, 4) is 11.5 Å². The van der Waals surface area contributed by atoms with E-state index in [0.717, 1.165) is 12.8 Å². The maximum Gasteiger partial charge on any atom is 0.243 e. The highest BCUT2D eigenvalue weighted by Crippen LogP contribution is 2.33. The van der Waals surface area contributed by atoms with Gasteiger partial charge in [-0.25, -0.2) is 8.42 Å². The highest BCUT2D eigenvalue weighted by atomic mass is 32.2. The maximum atomic E-state index is 12.9. The molecule has 1 aromatic rings. The minimum Gasteiger partial charge on any atom is -0.486 e. The van der Waals surface area contributed by atoms with E-state index in [0.29, 0.717) is 64.0 Å². The number of amides is 1. The van der Waals surface area contributed by atoms with Crippen LogP contribution in [0.15, 0.2) is 23.1 Å². The summed E-state index contributed by atoms with van der Waals surface area (Å²) in [6, 6.07) is 4.71. The lowest BCUT2D eigenvalue weighted by molar-refractivity contribution is -0.122. The van der Waals surface area contributed by atoms with Crippen LogP contribution in [0.1, 0.15) is 19.8 Å². The fourth-order valence-corrected chi connectivity index (χ4v) is 4.56. The van der Waals surface area contributed by atoms with E-state index in [1.165, 1.54) is 10.4 Å². The molecule has 2 aliphatic rings. The van der Waals surface area contributed by atoms with Crippen LogP contribution in [0.2, 0.25) is 0 Å². The lowest BCUT2D eigenvalue weighted by atomic mass is 10.3. The van der Waals surface area contributed by atoms with Gasteiger partial charge in [0.1, 0.15) is 13.2 Å². The molecule has 150 valence electrons. The molecular weight excluding hydrogens is 370 g/mol. The average Bonchev–Trinajstić information content (AvgIpc) is 2.68. The molecule has 0 bridgehead atoms. The van der Waals surface area contributed by atoms with Crippen LogP contribution in [-0.2, 0) is 14.8 Å². The van der Waals surface area contributed by atoms with Crippen LogP contribution >= 0.6 is 0 Å². The minimum absolute atomic E-state index is 0.00778. The molecule has 2 aliphatic heterocycles. The Labute approximate surface area is 160 Å². The number of carbonyl (C=O) groups excluding carboxylic acids is 1. The monoisotopic (exact) mass is 397 g/mol. The Morgan fingerprint density at radius 3 is 2.52 bits per heavy atom. The van der Waals surface area contributed by atoms with Crippen molar-refractivity contribution >= 4 is 15.9 Å². The van der Waals surface area contributed by atoms with E-state index in [4.69, 9.17) is 9.47 Å². The van der Waals surface area contributed by atoms with E-state index in [1.807, 2.05) is 4.90 Å². The SMILES string of the molecule is CCCCNC(=O)CN1CCN(S(=O)(=O)c2ccc3c(c2)OCCO3)CC1. The minimum atomic E-state index is -3.59. The van der Waals surface area contributed by atoms with E-state index >= 15 is 0 Å². The summed E-state index contributed by atoms with van der Waals surface area (Å²) in [7, 11) is -3.59. The highest BCUT2D eigenvalue weighted by molar-refractivity contribution is 7.89. The molecule has 1 amide bonds. The lowest BCUT2D eigenvalue weighted by Crippen LogP contribution is -2.51. The number of nitrogens with one attached hydrogen (secondary N) is 1. The van der Waals surface area contributed by atoms with Crippen molar-refractivity contribution in [2.24, 2.45) is 0 Å². The fraction of sp³-hybridized carbons (Fsp3) is 0.611. The largest absolute Gasteiger partial charge is 0.486 e. The van der Waals surface area contributed by atoms with Crippen LogP contribution in [0.25, 0.3) is 0 Å². The molecule has 1 aromatic carbocycles. The van der Waals surface area contributed by atoms with Gasteiger partial charge < -0.3 is 14.8 Å². The predicted octanol–water partition coefficient (Wildman–Crippen LogP) is 0.680. The van der Waals surface area contributed by atoms with Crippen LogP contribution in [0, 0.1) is 0 Å². The van der Waals surface area contributed by atoms with E-state index in [9.17, 15) is 13.2 Å². The number of unbranched alkanes of at least 4 members (excludes halogenated alkanes) is 1. The zero-order valence-corrected chi connectivity index (χ0v) is 16.5. The first-order valence-electron chi connectivity index (χ1n) is 9.39. The number of hydrogen-bond donors (Lipinski definition) is 1. The quantitative estimate of drug-likeness (QED) is 0.681. The summed E-state index contributed by atoms with van der Waals surface area (Å²) in [5.41, 5.74) is 0. The number of sulfonamides is 1. The molecule has 2 heterocycles. The fourth-order valence-electron chi connectivity index (χ4n) is 3.12. The number of hydrogen-bond acceptors (Lipinski definition) is 6. The third-order valence-corrected chi connectivity index (χ3v) is 6.60. The molecule has 0 atom stereocenters. The summed E-state index contributed by atoms with van der Waals surface area (Å²) in [6.07, 6.45) is 2.00. The summed E-state index contributed by atoms with van der Waals surface area (Å²) in [4.78, 5) is 14.1. The number of ether oxygens (including phenoxy) is 2. The smallest absolute Gasteiger partial charge is 0.243 e. The summed E-state index contributed by atoms with van der Waals surface area (Å²) in [5.74, 6) is 1.02. The van der Waals surface area contributed by atoms with Gasteiger partial charge in [-0.15, -0.1) is 0 Å². The zero-order valence-electron chi connectivity index (χ0n) is 15.6. The molecule has 9 heteroatoms. The van der Waals surface area contributed by atoms with Gasteiger partial charge in [0.05, 0.1) is 11.4 Å². The summed E-state index contributed by atoms with van der Waals surface area (Å²) < 4.78 is 38.2. The standard InChI is InChI=1S/C18H27N3O5S/c1-2-3-6-19-18(22)14-20-7-9-21(10-8-20)27(23,24)15-4-5-16-17(13-15)26-12-11-25-16/h4-5,13H,2-3,6-12,14H2,1H3,(H,19,22). The van der Waals surface area contributed by atoms with E-state index in [2.05, 4.69) is 12.2 Å². The number of nitrogens with zero attached hydrogens (tertiary/aromatic N) is 2. The topological polar surface area (TPSA) is 88.2 Å². The Hall–Kier alpha value is -1.84. The molecule has 1 N–H and O–H groups in total. The van der Waals surface area contributed by atoms with Gasteiger partial charge in [-0.1, -0.05) is 13.3 Å². The third kappa shape index (κ3) is 4.91. The van der Waals surface area contributed by atoms with E-state index in [-0.39, 0.29) is 10.8 Å². The molecular formula is C18H27N3O5S. The van der Waals surface area contributed by atoms with Gasteiger partial charge >= 0.3 is 0 Å². The second kappa shape index (κ2) is 8.90. The molecule has 8 nitrogen and oxygen atoms in total. The van der Waals surface area contributed by atoms with Gasteiger partial charge in [-0.3, -0.25) is 9.69 Å². The van der Waals surface area contributed by atoms with Gasteiger partial charge in [0, 0.05) is 38.8 Å². The Bertz CT molecular complexity index is 760. The van der Waals surface area contributed by atoms with Crippen LogP contribution in [0.4, 0.5) is 0 Å². The van der Waals surface area contributed by atoms with Crippen molar-refractivity contribution in [2.75, 3.05) is 52.5 Å². The van der Waals surface area contributed by atoms with Gasteiger partial charge in [0.2, 0.25) is 15.9 Å². The zero-order chi connectivity index (χ0) is 19.3. The summed E-state index contributed by atoms with van der Waals surface area (Å²) in [6.45, 7) is 5.74. The van der Waals surface area contributed by atoms with Crippen molar-refractivity contribution in [1.29, 1.82) is 0 Å². The van der Waals surface area contributed by atoms with Crippen molar-refractivity contribution in [3.63, 3.8) is 0 Å². The van der Waals surface area contributed by atoms with Crippen LogP contribution in [-0.4, -0.2) is 76.0 Å². The molecule has 1 fully saturated rings. The van der Waals surface area contributed by atoms with Gasteiger partial charge in [-0.2, -0.15) is 4.31 Å². The highest BCUT2D eigenvalue weighted by Gasteiger charge is 2.30. The average molecular weight is 397 g/mol. The van der Waals surface area contributed by atoms with Crippen LogP contribution < -0.4 is 14.8 Å². The predicted molar refractivity (Wildman–Crippen MR) is 101 cm³/mol. The first-order chi connectivity index (χ1) is 13.0.